The van der Waals surface area contributed by atoms with Crippen molar-refractivity contribution in [2.45, 2.75) is 84.2 Å². The standard InChI is InChI=1S/C16H31N/c1-6-7-8-12-9-14(12)13-10-15(2,3)17-16(4,5)11-13/h12-14,17H,6-11H2,1-5H3. The van der Waals surface area contributed by atoms with Gasteiger partial charge in [0.05, 0.1) is 0 Å². The number of piperidine rings is 1. The van der Waals surface area contributed by atoms with Gasteiger partial charge in [0, 0.05) is 11.1 Å². The van der Waals surface area contributed by atoms with Crippen LogP contribution < -0.4 is 5.32 Å². The minimum absolute atomic E-state index is 0.338. The van der Waals surface area contributed by atoms with E-state index >= 15 is 0 Å². The molecule has 0 amide bonds. The zero-order valence-electron chi connectivity index (χ0n) is 12.5. The third-order valence-electron chi connectivity index (χ3n) is 4.73. The van der Waals surface area contributed by atoms with E-state index in [1.165, 1.54) is 38.5 Å². The molecule has 1 saturated carbocycles. The molecule has 1 heterocycles. The third-order valence-corrected chi connectivity index (χ3v) is 4.73. The van der Waals surface area contributed by atoms with Crippen molar-refractivity contribution >= 4 is 0 Å². The summed E-state index contributed by atoms with van der Waals surface area (Å²) in [6, 6.07) is 0. The molecule has 2 unspecified atom stereocenters. The van der Waals surface area contributed by atoms with Gasteiger partial charge in [-0.3, -0.25) is 0 Å². The van der Waals surface area contributed by atoms with Crippen molar-refractivity contribution < 1.29 is 0 Å². The molecule has 1 saturated heterocycles. The molecule has 2 rings (SSSR count). The molecular formula is C16H31N. The van der Waals surface area contributed by atoms with Crippen molar-refractivity contribution in [2.75, 3.05) is 0 Å². The van der Waals surface area contributed by atoms with E-state index < -0.39 is 0 Å². The molecule has 0 bridgehead atoms. The quantitative estimate of drug-likeness (QED) is 0.765. The fourth-order valence-corrected chi connectivity index (χ4v) is 4.35. The zero-order chi connectivity index (χ0) is 12.7. The summed E-state index contributed by atoms with van der Waals surface area (Å²) in [5.41, 5.74) is 0.675. The molecule has 0 radical (unpaired) electrons. The van der Waals surface area contributed by atoms with E-state index in [9.17, 15) is 0 Å². The minimum atomic E-state index is 0.338. The molecule has 1 aliphatic carbocycles. The van der Waals surface area contributed by atoms with Crippen molar-refractivity contribution in [1.29, 1.82) is 0 Å². The van der Waals surface area contributed by atoms with Crippen molar-refractivity contribution in [3.63, 3.8) is 0 Å². The summed E-state index contributed by atoms with van der Waals surface area (Å²) in [7, 11) is 0. The van der Waals surface area contributed by atoms with Crippen LogP contribution in [0.5, 0.6) is 0 Å². The SMILES string of the molecule is CCCCC1CC1C1CC(C)(C)NC(C)(C)C1. The Balaban J connectivity index is 1.90. The van der Waals surface area contributed by atoms with Crippen LogP contribution in [0.25, 0.3) is 0 Å². The first-order valence-electron chi connectivity index (χ1n) is 7.62. The lowest BCUT2D eigenvalue weighted by Crippen LogP contribution is -2.58. The second kappa shape index (κ2) is 4.57. The molecular weight excluding hydrogens is 206 g/mol. The second-order valence-electron chi connectivity index (χ2n) is 7.86. The Hall–Kier alpha value is -0.0400. The molecule has 0 spiro atoms. The van der Waals surface area contributed by atoms with Crippen LogP contribution in [0.15, 0.2) is 0 Å². The maximum absolute atomic E-state index is 3.80. The lowest BCUT2D eigenvalue weighted by Gasteiger charge is -2.47. The molecule has 0 aromatic rings. The average molecular weight is 237 g/mol. The first-order chi connectivity index (χ1) is 7.83. The van der Waals surface area contributed by atoms with Gasteiger partial charge in [-0.05, 0) is 64.7 Å². The van der Waals surface area contributed by atoms with Crippen LogP contribution in [0.1, 0.15) is 73.1 Å². The van der Waals surface area contributed by atoms with Gasteiger partial charge >= 0.3 is 0 Å². The molecule has 100 valence electrons. The normalized spacial score (nSPS) is 35.8. The monoisotopic (exact) mass is 237 g/mol. The van der Waals surface area contributed by atoms with Crippen molar-refractivity contribution in [3.8, 4) is 0 Å². The van der Waals surface area contributed by atoms with E-state index in [0.717, 1.165) is 17.8 Å². The van der Waals surface area contributed by atoms with Crippen molar-refractivity contribution in [1.82, 2.24) is 5.32 Å². The highest BCUT2D eigenvalue weighted by Gasteiger charge is 2.48. The number of rotatable bonds is 4. The number of unbranched alkanes of at least 4 members (excludes halogenated alkanes) is 1. The van der Waals surface area contributed by atoms with Gasteiger partial charge in [0.25, 0.3) is 0 Å². The van der Waals surface area contributed by atoms with Gasteiger partial charge in [0.15, 0.2) is 0 Å². The molecule has 2 atom stereocenters. The van der Waals surface area contributed by atoms with Crippen LogP contribution in [0.3, 0.4) is 0 Å². The van der Waals surface area contributed by atoms with E-state index in [0.29, 0.717) is 11.1 Å². The molecule has 1 nitrogen and oxygen atoms in total. The molecule has 1 N–H and O–H groups in total. The van der Waals surface area contributed by atoms with E-state index in [-0.39, 0.29) is 0 Å². The lowest BCUT2D eigenvalue weighted by molar-refractivity contribution is 0.113. The number of nitrogens with one attached hydrogen (secondary N) is 1. The number of hydrogen-bond donors (Lipinski definition) is 1. The molecule has 0 aromatic carbocycles. The molecule has 0 aromatic heterocycles. The largest absolute Gasteiger partial charge is 0.307 e. The summed E-state index contributed by atoms with van der Waals surface area (Å²) in [5, 5.41) is 3.80. The highest BCUT2D eigenvalue weighted by molar-refractivity contribution is 5.03. The van der Waals surface area contributed by atoms with E-state index in [4.69, 9.17) is 0 Å². The smallest absolute Gasteiger partial charge is 0.0132 e. The summed E-state index contributed by atoms with van der Waals surface area (Å²) in [6.45, 7) is 11.8. The van der Waals surface area contributed by atoms with Gasteiger partial charge in [0.2, 0.25) is 0 Å². The van der Waals surface area contributed by atoms with Crippen LogP contribution in [0, 0.1) is 17.8 Å². The summed E-state index contributed by atoms with van der Waals surface area (Å²) in [6.07, 6.45) is 8.58. The van der Waals surface area contributed by atoms with E-state index in [1.54, 1.807) is 0 Å². The van der Waals surface area contributed by atoms with Crippen molar-refractivity contribution in [2.24, 2.45) is 17.8 Å². The molecule has 2 aliphatic rings. The molecule has 1 heteroatoms. The highest BCUT2D eigenvalue weighted by Crippen LogP contribution is 2.53. The van der Waals surface area contributed by atoms with Gasteiger partial charge in [-0.2, -0.15) is 0 Å². The fourth-order valence-electron chi connectivity index (χ4n) is 4.35. The van der Waals surface area contributed by atoms with Gasteiger partial charge < -0.3 is 5.32 Å². The third kappa shape index (κ3) is 3.47. The average Bonchev–Trinajstić information content (AvgIpc) is 2.88. The van der Waals surface area contributed by atoms with Crippen molar-refractivity contribution in [3.05, 3.63) is 0 Å². The van der Waals surface area contributed by atoms with Gasteiger partial charge in [0.1, 0.15) is 0 Å². The molecule has 17 heavy (non-hydrogen) atoms. The van der Waals surface area contributed by atoms with E-state index in [2.05, 4.69) is 39.9 Å². The Kier molecular flexibility index (Phi) is 3.60. The predicted molar refractivity (Wildman–Crippen MR) is 75.1 cm³/mol. The minimum Gasteiger partial charge on any atom is -0.307 e. The Morgan fingerprint density at radius 3 is 2.18 bits per heavy atom. The Bertz CT molecular complexity index is 251. The van der Waals surface area contributed by atoms with Crippen LogP contribution >= 0.6 is 0 Å². The Morgan fingerprint density at radius 2 is 1.65 bits per heavy atom. The summed E-state index contributed by atoms with van der Waals surface area (Å²) < 4.78 is 0. The van der Waals surface area contributed by atoms with Crippen LogP contribution in [-0.2, 0) is 0 Å². The van der Waals surface area contributed by atoms with Crippen LogP contribution in [0.4, 0.5) is 0 Å². The Labute approximate surface area is 108 Å². The lowest BCUT2D eigenvalue weighted by atomic mass is 9.73. The summed E-state index contributed by atoms with van der Waals surface area (Å²) in [4.78, 5) is 0. The maximum Gasteiger partial charge on any atom is 0.0132 e. The first kappa shape index (κ1) is 13.4. The molecule has 1 aliphatic heterocycles. The van der Waals surface area contributed by atoms with Gasteiger partial charge in [-0.15, -0.1) is 0 Å². The zero-order valence-corrected chi connectivity index (χ0v) is 12.5. The topological polar surface area (TPSA) is 12.0 Å². The van der Waals surface area contributed by atoms with E-state index in [1.807, 2.05) is 0 Å². The fraction of sp³-hybridized carbons (Fsp3) is 1.00. The predicted octanol–water partition coefficient (Wildman–Crippen LogP) is 4.37. The second-order valence-corrected chi connectivity index (χ2v) is 7.86. The van der Waals surface area contributed by atoms with Gasteiger partial charge in [-0.1, -0.05) is 26.2 Å². The highest BCUT2D eigenvalue weighted by atomic mass is 15.0. The van der Waals surface area contributed by atoms with Crippen LogP contribution in [-0.4, -0.2) is 11.1 Å². The van der Waals surface area contributed by atoms with Gasteiger partial charge in [-0.25, -0.2) is 0 Å². The Morgan fingerprint density at radius 1 is 1.06 bits per heavy atom. The first-order valence-corrected chi connectivity index (χ1v) is 7.62. The summed E-state index contributed by atoms with van der Waals surface area (Å²) in [5.74, 6) is 3.11. The maximum atomic E-state index is 3.80. The number of hydrogen-bond acceptors (Lipinski definition) is 1. The van der Waals surface area contributed by atoms with Crippen LogP contribution in [0.2, 0.25) is 0 Å². The summed E-state index contributed by atoms with van der Waals surface area (Å²) >= 11 is 0. The molecule has 2 fully saturated rings.